The molecule has 0 amide bonds. The number of pyridine rings is 1. The predicted molar refractivity (Wildman–Crippen MR) is 97.5 cm³/mol. The third-order valence-corrected chi connectivity index (χ3v) is 4.27. The van der Waals surface area contributed by atoms with Gasteiger partial charge in [0.1, 0.15) is 0 Å². The molecule has 24 heavy (non-hydrogen) atoms. The van der Waals surface area contributed by atoms with Gasteiger partial charge in [-0.1, -0.05) is 31.5 Å². The average Bonchev–Trinajstić information content (AvgIpc) is 2.63. The van der Waals surface area contributed by atoms with E-state index in [4.69, 9.17) is 9.47 Å². The molecule has 0 bridgehead atoms. The second-order valence-corrected chi connectivity index (χ2v) is 6.03. The molecular weight excluding hydrogens is 300 g/mol. The van der Waals surface area contributed by atoms with Crippen LogP contribution in [0.15, 0.2) is 42.7 Å². The van der Waals surface area contributed by atoms with Gasteiger partial charge in [-0.25, -0.2) is 0 Å². The first-order chi connectivity index (χ1) is 11.7. The summed E-state index contributed by atoms with van der Waals surface area (Å²) < 4.78 is 11.5. The number of benzene rings is 1. The zero-order valence-corrected chi connectivity index (χ0v) is 15.2. The largest absolute Gasteiger partial charge is 0.493 e. The van der Waals surface area contributed by atoms with E-state index in [-0.39, 0.29) is 6.04 Å². The molecule has 0 spiro atoms. The zero-order valence-electron chi connectivity index (χ0n) is 15.2. The number of para-hydroxylation sites is 1. The molecule has 0 aliphatic heterocycles. The van der Waals surface area contributed by atoms with Crippen molar-refractivity contribution in [2.75, 3.05) is 20.8 Å². The van der Waals surface area contributed by atoms with Gasteiger partial charge in [0.25, 0.3) is 0 Å². The van der Waals surface area contributed by atoms with Crippen LogP contribution in [0.4, 0.5) is 0 Å². The first kappa shape index (κ1) is 18.3. The summed E-state index contributed by atoms with van der Waals surface area (Å²) in [6, 6.07) is 10.4. The molecule has 1 aromatic heterocycles. The molecule has 0 radical (unpaired) electrons. The van der Waals surface area contributed by atoms with Crippen molar-refractivity contribution in [1.29, 1.82) is 0 Å². The van der Waals surface area contributed by atoms with Gasteiger partial charge in [0.05, 0.1) is 13.7 Å². The fraction of sp³-hybridized carbons (Fsp3) is 0.450. The normalized spacial score (nSPS) is 12.2. The Bertz CT molecular complexity index is 616. The fourth-order valence-corrected chi connectivity index (χ4v) is 2.61. The summed E-state index contributed by atoms with van der Waals surface area (Å²) in [6.45, 7) is 5.85. The highest BCUT2D eigenvalue weighted by molar-refractivity contribution is 5.46. The predicted octanol–water partition coefficient (Wildman–Crippen LogP) is 4.46. The summed E-state index contributed by atoms with van der Waals surface area (Å²) in [5.74, 6) is 1.66. The Balaban J connectivity index is 2.15. The van der Waals surface area contributed by atoms with Gasteiger partial charge in [0, 0.05) is 30.5 Å². The van der Waals surface area contributed by atoms with E-state index < -0.39 is 0 Å². The molecule has 0 saturated carbocycles. The molecule has 1 unspecified atom stereocenters. The monoisotopic (exact) mass is 328 g/mol. The maximum atomic E-state index is 6.02. The number of aromatic nitrogens is 1. The van der Waals surface area contributed by atoms with Gasteiger partial charge in [-0.05, 0) is 38.1 Å². The molecule has 2 rings (SSSR count). The van der Waals surface area contributed by atoms with Crippen molar-refractivity contribution >= 4 is 0 Å². The van der Waals surface area contributed by atoms with Crippen LogP contribution >= 0.6 is 0 Å². The summed E-state index contributed by atoms with van der Waals surface area (Å²) in [6.07, 6.45) is 5.88. The van der Waals surface area contributed by atoms with Crippen molar-refractivity contribution < 1.29 is 9.47 Å². The quantitative estimate of drug-likeness (QED) is 0.636. The van der Waals surface area contributed by atoms with Crippen molar-refractivity contribution in [2.45, 2.75) is 39.3 Å². The first-order valence-electron chi connectivity index (χ1n) is 8.56. The van der Waals surface area contributed by atoms with Gasteiger partial charge < -0.3 is 9.47 Å². The van der Waals surface area contributed by atoms with Crippen molar-refractivity contribution in [2.24, 2.45) is 0 Å². The SMILES string of the molecule is CCCCOc1c(CN(C)C(C)c2cccnc2)cccc1OC. The molecule has 130 valence electrons. The number of hydrogen-bond acceptors (Lipinski definition) is 4. The minimum absolute atomic E-state index is 0.272. The van der Waals surface area contributed by atoms with Crippen LogP contribution in [0, 0.1) is 0 Å². The standard InChI is InChI=1S/C20H28N2O2/c1-5-6-13-24-20-18(9-7-11-19(20)23-4)15-22(3)16(2)17-10-8-12-21-14-17/h7-12,14,16H,5-6,13,15H2,1-4H3. The van der Waals surface area contributed by atoms with Crippen LogP contribution in [0.3, 0.4) is 0 Å². The minimum Gasteiger partial charge on any atom is -0.493 e. The highest BCUT2D eigenvalue weighted by Gasteiger charge is 2.16. The first-order valence-corrected chi connectivity index (χ1v) is 8.56. The van der Waals surface area contributed by atoms with Crippen LogP contribution in [0.2, 0.25) is 0 Å². The maximum absolute atomic E-state index is 6.02. The summed E-state index contributed by atoms with van der Waals surface area (Å²) in [7, 11) is 3.81. The number of unbranched alkanes of at least 4 members (excludes halogenated alkanes) is 1. The molecule has 0 aliphatic rings. The lowest BCUT2D eigenvalue weighted by Gasteiger charge is -2.26. The number of ether oxygens (including phenoxy) is 2. The van der Waals surface area contributed by atoms with Crippen molar-refractivity contribution in [3.8, 4) is 11.5 Å². The highest BCUT2D eigenvalue weighted by atomic mass is 16.5. The number of rotatable bonds is 9. The van der Waals surface area contributed by atoms with Gasteiger partial charge in [-0.15, -0.1) is 0 Å². The van der Waals surface area contributed by atoms with E-state index in [1.165, 1.54) is 5.56 Å². The third-order valence-electron chi connectivity index (χ3n) is 4.27. The lowest BCUT2D eigenvalue weighted by molar-refractivity contribution is 0.239. The van der Waals surface area contributed by atoms with E-state index in [9.17, 15) is 0 Å². The van der Waals surface area contributed by atoms with E-state index in [1.54, 1.807) is 13.3 Å². The average molecular weight is 328 g/mol. The van der Waals surface area contributed by atoms with Crippen LogP contribution in [-0.2, 0) is 6.54 Å². The lowest BCUT2D eigenvalue weighted by atomic mass is 10.1. The topological polar surface area (TPSA) is 34.6 Å². The van der Waals surface area contributed by atoms with E-state index >= 15 is 0 Å². The van der Waals surface area contributed by atoms with E-state index in [2.05, 4.69) is 42.9 Å². The molecule has 1 atom stereocenters. The molecule has 0 fully saturated rings. The minimum atomic E-state index is 0.272. The van der Waals surface area contributed by atoms with Gasteiger partial charge >= 0.3 is 0 Å². The fourth-order valence-electron chi connectivity index (χ4n) is 2.61. The molecule has 4 nitrogen and oxygen atoms in total. The Morgan fingerprint density at radius 2 is 2.04 bits per heavy atom. The molecule has 0 N–H and O–H groups in total. The Morgan fingerprint density at radius 1 is 1.21 bits per heavy atom. The van der Waals surface area contributed by atoms with Crippen LogP contribution < -0.4 is 9.47 Å². The summed E-state index contributed by atoms with van der Waals surface area (Å²) in [5, 5.41) is 0. The van der Waals surface area contributed by atoms with Crippen LogP contribution in [0.5, 0.6) is 11.5 Å². The molecule has 0 aliphatic carbocycles. The second-order valence-electron chi connectivity index (χ2n) is 6.03. The van der Waals surface area contributed by atoms with Gasteiger partial charge in [0.15, 0.2) is 11.5 Å². The van der Waals surface area contributed by atoms with Gasteiger partial charge in [-0.2, -0.15) is 0 Å². The van der Waals surface area contributed by atoms with Crippen molar-refractivity contribution in [3.05, 3.63) is 53.9 Å². The van der Waals surface area contributed by atoms with Crippen molar-refractivity contribution in [3.63, 3.8) is 0 Å². The van der Waals surface area contributed by atoms with E-state index in [0.717, 1.165) is 36.4 Å². The summed E-state index contributed by atoms with van der Waals surface area (Å²) in [5.41, 5.74) is 2.35. The number of hydrogen-bond donors (Lipinski definition) is 0. The second kappa shape index (κ2) is 9.28. The lowest BCUT2D eigenvalue weighted by Crippen LogP contribution is -2.22. The Labute approximate surface area is 145 Å². The molecule has 1 heterocycles. The Hall–Kier alpha value is -2.07. The maximum Gasteiger partial charge on any atom is 0.165 e. The molecule has 0 saturated heterocycles. The highest BCUT2D eigenvalue weighted by Crippen LogP contribution is 2.33. The molecular formula is C20H28N2O2. The van der Waals surface area contributed by atoms with Gasteiger partial charge in [0.2, 0.25) is 0 Å². The molecule has 1 aromatic carbocycles. The third kappa shape index (κ3) is 4.71. The Kier molecular flexibility index (Phi) is 7.07. The smallest absolute Gasteiger partial charge is 0.165 e. The van der Waals surface area contributed by atoms with Gasteiger partial charge in [-0.3, -0.25) is 9.88 Å². The number of methoxy groups -OCH3 is 1. The van der Waals surface area contributed by atoms with Crippen LogP contribution in [-0.4, -0.2) is 30.6 Å². The van der Waals surface area contributed by atoms with Crippen LogP contribution in [0.1, 0.15) is 43.9 Å². The Morgan fingerprint density at radius 3 is 2.71 bits per heavy atom. The van der Waals surface area contributed by atoms with Crippen molar-refractivity contribution in [1.82, 2.24) is 9.88 Å². The number of nitrogens with zero attached hydrogens (tertiary/aromatic N) is 2. The molecule has 4 heteroatoms. The van der Waals surface area contributed by atoms with E-state index in [1.807, 2.05) is 24.4 Å². The summed E-state index contributed by atoms with van der Waals surface area (Å²) in [4.78, 5) is 6.51. The zero-order chi connectivity index (χ0) is 17.4. The molecule has 2 aromatic rings. The van der Waals surface area contributed by atoms with Crippen LogP contribution in [0.25, 0.3) is 0 Å². The van der Waals surface area contributed by atoms with E-state index in [0.29, 0.717) is 6.61 Å². The summed E-state index contributed by atoms with van der Waals surface area (Å²) >= 11 is 0.